The van der Waals surface area contributed by atoms with Gasteiger partial charge < -0.3 is 10.1 Å². The molecule has 0 aliphatic rings. The molecule has 0 fully saturated rings. The third-order valence-corrected chi connectivity index (χ3v) is 3.16. The molecule has 2 aromatic rings. The van der Waals surface area contributed by atoms with Crippen LogP contribution in [0.5, 0.6) is 5.75 Å². The van der Waals surface area contributed by atoms with Crippen LogP contribution in [-0.4, -0.2) is 18.1 Å². The summed E-state index contributed by atoms with van der Waals surface area (Å²) in [6.45, 7) is 3.03. The molecule has 5 nitrogen and oxygen atoms in total. The summed E-state index contributed by atoms with van der Waals surface area (Å²) in [4.78, 5) is 10.6. The van der Waals surface area contributed by atoms with Crippen LogP contribution in [0.15, 0.2) is 54.6 Å². The molecule has 0 amide bonds. The number of ether oxygens (including phenoxy) is 1. The number of nitro groups is 1. The van der Waals surface area contributed by atoms with Gasteiger partial charge in [-0.25, -0.2) is 0 Å². The average molecular weight is 286 g/mol. The molecule has 0 aliphatic carbocycles. The molecule has 1 unspecified atom stereocenters. The molecular formula is C16H18N2O3. The zero-order valence-electron chi connectivity index (χ0n) is 11.9. The Kier molecular flexibility index (Phi) is 5.29. The SMILES string of the molecule is CC(NCCOc1ccccc1)c1ccccc1[N+](=O)[O-]. The van der Waals surface area contributed by atoms with Crippen LogP contribution in [0.4, 0.5) is 5.69 Å². The van der Waals surface area contributed by atoms with Crippen LogP contribution in [0.2, 0.25) is 0 Å². The van der Waals surface area contributed by atoms with Crippen LogP contribution in [0.3, 0.4) is 0 Å². The first-order valence-electron chi connectivity index (χ1n) is 6.83. The Morgan fingerprint density at radius 3 is 2.52 bits per heavy atom. The van der Waals surface area contributed by atoms with Crippen molar-refractivity contribution in [2.75, 3.05) is 13.2 Å². The Morgan fingerprint density at radius 2 is 1.81 bits per heavy atom. The van der Waals surface area contributed by atoms with Crippen molar-refractivity contribution in [2.45, 2.75) is 13.0 Å². The highest BCUT2D eigenvalue weighted by molar-refractivity contribution is 5.41. The van der Waals surface area contributed by atoms with Crippen molar-refractivity contribution < 1.29 is 9.66 Å². The predicted molar refractivity (Wildman–Crippen MR) is 81.5 cm³/mol. The van der Waals surface area contributed by atoms with Gasteiger partial charge in [0.25, 0.3) is 5.69 Å². The molecule has 0 saturated heterocycles. The van der Waals surface area contributed by atoms with Crippen LogP contribution in [0.25, 0.3) is 0 Å². The Balaban J connectivity index is 1.85. The van der Waals surface area contributed by atoms with E-state index < -0.39 is 0 Å². The van der Waals surface area contributed by atoms with Gasteiger partial charge in [-0.15, -0.1) is 0 Å². The van der Waals surface area contributed by atoms with E-state index in [4.69, 9.17) is 4.74 Å². The molecule has 2 rings (SSSR count). The number of hydrogen-bond donors (Lipinski definition) is 1. The quantitative estimate of drug-likeness (QED) is 0.482. The van der Waals surface area contributed by atoms with E-state index in [0.717, 1.165) is 5.75 Å². The van der Waals surface area contributed by atoms with Crippen molar-refractivity contribution >= 4 is 5.69 Å². The molecule has 0 heterocycles. The molecule has 21 heavy (non-hydrogen) atoms. The van der Waals surface area contributed by atoms with Crippen LogP contribution in [-0.2, 0) is 0 Å². The smallest absolute Gasteiger partial charge is 0.274 e. The van der Waals surface area contributed by atoms with Gasteiger partial charge in [0.1, 0.15) is 12.4 Å². The monoisotopic (exact) mass is 286 g/mol. The summed E-state index contributed by atoms with van der Waals surface area (Å²) in [6, 6.07) is 16.2. The Labute approximate surface area is 123 Å². The summed E-state index contributed by atoms with van der Waals surface area (Å²) in [6.07, 6.45) is 0. The number of hydrogen-bond acceptors (Lipinski definition) is 4. The Morgan fingerprint density at radius 1 is 1.14 bits per heavy atom. The summed E-state index contributed by atoms with van der Waals surface area (Å²) in [5.41, 5.74) is 0.823. The second-order valence-corrected chi connectivity index (χ2v) is 4.65. The molecule has 2 aromatic carbocycles. The van der Waals surface area contributed by atoms with E-state index in [9.17, 15) is 10.1 Å². The molecule has 110 valence electrons. The molecule has 5 heteroatoms. The lowest BCUT2D eigenvalue weighted by molar-refractivity contribution is -0.385. The van der Waals surface area contributed by atoms with Crippen molar-refractivity contribution in [1.29, 1.82) is 0 Å². The van der Waals surface area contributed by atoms with E-state index >= 15 is 0 Å². The van der Waals surface area contributed by atoms with Crippen molar-refractivity contribution in [3.63, 3.8) is 0 Å². The van der Waals surface area contributed by atoms with E-state index in [1.54, 1.807) is 18.2 Å². The van der Waals surface area contributed by atoms with E-state index in [0.29, 0.717) is 18.7 Å². The highest BCUT2D eigenvalue weighted by Gasteiger charge is 2.17. The molecule has 0 radical (unpaired) electrons. The summed E-state index contributed by atoms with van der Waals surface area (Å²) in [7, 11) is 0. The molecule has 0 aliphatic heterocycles. The van der Waals surface area contributed by atoms with Gasteiger partial charge in [-0.1, -0.05) is 36.4 Å². The van der Waals surface area contributed by atoms with Gasteiger partial charge in [-0.05, 0) is 19.1 Å². The summed E-state index contributed by atoms with van der Waals surface area (Å²) >= 11 is 0. The number of benzene rings is 2. The topological polar surface area (TPSA) is 64.4 Å². The van der Waals surface area contributed by atoms with Gasteiger partial charge >= 0.3 is 0 Å². The predicted octanol–water partition coefficient (Wildman–Crippen LogP) is 3.32. The van der Waals surface area contributed by atoms with Crippen molar-refractivity contribution in [1.82, 2.24) is 5.32 Å². The van der Waals surface area contributed by atoms with Gasteiger partial charge in [-0.3, -0.25) is 10.1 Å². The van der Waals surface area contributed by atoms with E-state index in [-0.39, 0.29) is 16.7 Å². The lowest BCUT2D eigenvalue weighted by Gasteiger charge is -2.14. The molecule has 0 saturated carbocycles. The maximum Gasteiger partial charge on any atom is 0.274 e. The molecule has 0 aromatic heterocycles. The lowest BCUT2D eigenvalue weighted by Crippen LogP contribution is -2.24. The fraction of sp³-hybridized carbons (Fsp3) is 0.250. The molecule has 1 atom stereocenters. The van der Waals surface area contributed by atoms with Crippen LogP contribution < -0.4 is 10.1 Å². The average Bonchev–Trinajstić information content (AvgIpc) is 2.52. The van der Waals surface area contributed by atoms with Crippen molar-refractivity contribution in [3.05, 3.63) is 70.3 Å². The lowest BCUT2D eigenvalue weighted by atomic mass is 10.1. The fourth-order valence-corrected chi connectivity index (χ4v) is 2.09. The first-order valence-corrected chi connectivity index (χ1v) is 6.83. The largest absolute Gasteiger partial charge is 0.492 e. The van der Waals surface area contributed by atoms with E-state index in [1.165, 1.54) is 6.07 Å². The molecule has 0 bridgehead atoms. The number of nitrogens with zero attached hydrogens (tertiary/aromatic N) is 1. The maximum atomic E-state index is 11.0. The number of nitrogens with one attached hydrogen (secondary N) is 1. The van der Waals surface area contributed by atoms with E-state index in [2.05, 4.69) is 5.32 Å². The normalized spacial score (nSPS) is 11.9. The molecule has 0 spiro atoms. The first-order chi connectivity index (χ1) is 10.2. The molecular weight excluding hydrogens is 268 g/mol. The summed E-state index contributed by atoms with van der Waals surface area (Å²) < 4.78 is 5.57. The highest BCUT2D eigenvalue weighted by atomic mass is 16.6. The standard InChI is InChI=1S/C16H18N2O3/c1-13(15-9-5-6-10-16(15)18(19)20)17-11-12-21-14-7-3-2-4-8-14/h2-10,13,17H,11-12H2,1H3. The van der Waals surface area contributed by atoms with Crippen molar-refractivity contribution in [3.8, 4) is 5.75 Å². The molecule has 1 N–H and O–H groups in total. The minimum atomic E-state index is -0.353. The summed E-state index contributed by atoms with van der Waals surface area (Å²) in [5.74, 6) is 0.817. The highest BCUT2D eigenvalue weighted by Crippen LogP contribution is 2.24. The maximum absolute atomic E-state index is 11.0. The summed E-state index contributed by atoms with van der Waals surface area (Å²) in [5, 5.41) is 14.2. The van der Waals surface area contributed by atoms with Gasteiger partial charge in [-0.2, -0.15) is 0 Å². The Bertz CT molecular complexity index is 587. The fourth-order valence-electron chi connectivity index (χ4n) is 2.09. The zero-order chi connectivity index (χ0) is 15.1. The second kappa shape index (κ2) is 7.40. The Hall–Kier alpha value is -2.40. The number of para-hydroxylation sites is 2. The van der Waals surface area contributed by atoms with Gasteiger partial charge in [0.2, 0.25) is 0 Å². The number of nitro benzene ring substituents is 1. The minimum Gasteiger partial charge on any atom is -0.492 e. The van der Waals surface area contributed by atoms with Crippen LogP contribution >= 0.6 is 0 Å². The van der Waals surface area contributed by atoms with Crippen molar-refractivity contribution in [2.24, 2.45) is 0 Å². The minimum absolute atomic E-state index is 0.106. The second-order valence-electron chi connectivity index (χ2n) is 4.65. The third kappa shape index (κ3) is 4.29. The van der Waals surface area contributed by atoms with Gasteiger partial charge in [0.05, 0.1) is 4.92 Å². The zero-order valence-corrected chi connectivity index (χ0v) is 11.9. The van der Waals surface area contributed by atoms with Crippen LogP contribution in [0, 0.1) is 10.1 Å². The van der Waals surface area contributed by atoms with E-state index in [1.807, 2.05) is 37.3 Å². The van der Waals surface area contributed by atoms with Gasteiger partial charge in [0, 0.05) is 24.2 Å². The number of rotatable bonds is 7. The first kappa shape index (κ1) is 15.0. The van der Waals surface area contributed by atoms with Gasteiger partial charge in [0.15, 0.2) is 0 Å². The third-order valence-electron chi connectivity index (χ3n) is 3.16. The van der Waals surface area contributed by atoms with Crippen LogP contribution in [0.1, 0.15) is 18.5 Å².